The summed E-state index contributed by atoms with van der Waals surface area (Å²) < 4.78 is 82.7. The third-order valence-electron chi connectivity index (χ3n) is 3.60. The van der Waals surface area contributed by atoms with Gasteiger partial charge in [0.2, 0.25) is 5.56 Å². The van der Waals surface area contributed by atoms with Crippen molar-refractivity contribution in [2.24, 2.45) is 0 Å². The van der Waals surface area contributed by atoms with Crippen molar-refractivity contribution in [3.8, 4) is 5.75 Å². The van der Waals surface area contributed by atoms with Gasteiger partial charge in [-0.15, -0.1) is 0 Å². The molecule has 0 saturated carbocycles. The molecule has 0 aliphatic carbocycles. The number of halogens is 7. The summed E-state index contributed by atoms with van der Waals surface area (Å²) in [7, 11) is 0. The maximum absolute atomic E-state index is 13.2. The lowest BCUT2D eigenvalue weighted by Gasteiger charge is -2.36. The van der Waals surface area contributed by atoms with Gasteiger partial charge in [-0.2, -0.15) is 26.3 Å². The van der Waals surface area contributed by atoms with Crippen LogP contribution in [0.2, 0.25) is 0 Å². The first-order chi connectivity index (χ1) is 11.5. The Morgan fingerprint density at radius 3 is 2.48 bits per heavy atom. The Bertz CT molecular complexity index is 876. The number of H-pyrrole nitrogens is 1. The van der Waals surface area contributed by atoms with Gasteiger partial charge in [0.25, 0.3) is 0 Å². The lowest BCUT2D eigenvalue weighted by molar-refractivity contribution is -0.136. The summed E-state index contributed by atoms with van der Waals surface area (Å²) in [6.45, 7) is -1.40. The zero-order chi connectivity index (χ0) is 18.6. The number of rotatable bonds is 1. The summed E-state index contributed by atoms with van der Waals surface area (Å²) in [5, 5.41) is -0.396. The van der Waals surface area contributed by atoms with Crippen molar-refractivity contribution in [2.75, 3.05) is 18.1 Å². The first-order valence-corrected chi connectivity index (χ1v) is 8.09. The molecule has 0 amide bonds. The zero-order valence-corrected chi connectivity index (χ0v) is 14.3. The number of pyridine rings is 1. The highest BCUT2D eigenvalue weighted by Crippen LogP contribution is 2.42. The molecule has 0 unspecified atom stereocenters. The number of nitrogens with one attached hydrogen (secondary N) is 1. The van der Waals surface area contributed by atoms with Gasteiger partial charge in [-0.25, -0.2) is 0 Å². The lowest BCUT2D eigenvalue weighted by Crippen LogP contribution is -2.44. The highest BCUT2D eigenvalue weighted by atomic mass is 127. The number of benzene rings is 1. The van der Waals surface area contributed by atoms with Crippen molar-refractivity contribution in [1.82, 2.24) is 4.98 Å². The van der Waals surface area contributed by atoms with E-state index in [1.165, 1.54) is 0 Å². The molecule has 1 atom stereocenters. The molecular formula is C14H9F6IN2O2. The molecule has 11 heteroatoms. The van der Waals surface area contributed by atoms with Gasteiger partial charge in [-0.1, -0.05) is 22.6 Å². The summed E-state index contributed by atoms with van der Waals surface area (Å²) in [5.74, 6) is -0.0142. The van der Waals surface area contributed by atoms with Gasteiger partial charge in [0.15, 0.2) is 0 Å². The molecule has 0 bridgehead atoms. The third kappa shape index (κ3) is 3.65. The second-order valence-corrected chi connectivity index (χ2v) is 6.84. The molecule has 1 N–H and O–H groups in total. The van der Waals surface area contributed by atoms with Crippen LogP contribution in [0.3, 0.4) is 0 Å². The number of nitrogens with zero attached hydrogens (tertiary/aromatic N) is 1. The van der Waals surface area contributed by atoms with Gasteiger partial charge in [0.1, 0.15) is 22.9 Å². The third-order valence-corrected chi connectivity index (χ3v) is 4.63. The fourth-order valence-electron chi connectivity index (χ4n) is 2.62. The van der Waals surface area contributed by atoms with Crippen LogP contribution in [0.5, 0.6) is 5.75 Å². The Kier molecular flexibility index (Phi) is 4.32. The number of aromatic amines is 1. The van der Waals surface area contributed by atoms with Crippen LogP contribution in [0.25, 0.3) is 10.9 Å². The van der Waals surface area contributed by atoms with Crippen LogP contribution in [0.4, 0.5) is 32.0 Å². The standard InChI is InChI=1S/C14H9F6IN2O2/c15-13(16,17)5-23-9-1-6-7(14(18,19)20)2-12(24)22-8(6)3-10(9)25-4-11(23)21/h1-3,11H,4-5H2,(H,22,24)/t11-/m0/s1. The van der Waals surface area contributed by atoms with Crippen molar-refractivity contribution >= 4 is 39.2 Å². The van der Waals surface area contributed by atoms with E-state index in [2.05, 4.69) is 4.98 Å². The SMILES string of the molecule is O=c1cc(C(F)(F)F)c2cc3c(cc2[nH]1)OC[C@@H](I)N3CC(F)(F)F. The summed E-state index contributed by atoms with van der Waals surface area (Å²) in [6.07, 6.45) is -9.36. The van der Waals surface area contributed by atoms with Crippen LogP contribution in [-0.2, 0) is 6.18 Å². The van der Waals surface area contributed by atoms with E-state index < -0.39 is 39.5 Å². The first-order valence-electron chi connectivity index (χ1n) is 6.84. The number of aromatic nitrogens is 1. The highest BCUT2D eigenvalue weighted by Gasteiger charge is 2.38. The van der Waals surface area contributed by atoms with Gasteiger partial charge >= 0.3 is 12.4 Å². The van der Waals surface area contributed by atoms with Crippen LogP contribution in [0, 0.1) is 0 Å². The van der Waals surface area contributed by atoms with E-state index in [-0.39, 0.29) is 23.6 Å². The molecule has 2 aromatic rings. The van der Waals surface area contributed by atoms with Crippen molar-refractivity contribution in [3.63, 3.8) is 0 Å². The molecule has 0 fully saturated rings. The minimum absolute atomic E-state index is 0.0142. The number of anilines is 1. The van der Waals surface area contributed by atoms with Crippen molar-refractivity contribution in [1.29, 1.82) is 0 Å². The summed E-state index contributed by atoms with van der Waals surface area (Å²) in [4.78, 5) is 14.6. The minimum Gasteiger partial charge on any atom is -0.488 e. The Hall–Kier alpha value is -1.66. The minimum atomic E-state index is -4.82. The quantitative estimate of drug-likeness (QED) is 0.291. The van der Waals surface area contributed by atoms with E-state index in [0.29, 0.717) is 6.07 Å². The van der Waals surface area contributed by atoms with Crippen molar-refractivity contribution in [3.05, 3.63) is 34.1 Å². The molecule has 136 valence electrons. The molecule has 1 aromatic carbocycles. The second kappa shape index (κ2) is 5.95. The fourth-order valence-corrected chi connectivity index (χ4v) is 3.30. The topological polar surface area (TPSA) is 45.3 Å². The predicted octanol–water partition coefficient (Wildman–Crippen LogP) is 4.07. The largest absolute Gasteiger partial charge is 0.488 e. The molecule has 25 heavy (non-hydrogen) atoms. The number of hydrogen-bond acceptors (Lipinski definition) is 3. The summed E-state index contributed by atoms with van der Waals surface area (Å²) in [6, 6.07) is 2.47. The predicted molar refractivity (Wildman–Crippen MR) is 86.3 cm³/mol. The van der Waals surface area contributed by atoms with E-state index in [4.69, 9.17) is 4.74 Å². The molecule has 3 rings (SSSR count). The van der Waals surface area contributed by atoms with E-state index in [0.717, 1.165) is 17.0 Å². The zero-order valence-electron chi connectivity index (χ0n) is 12.1. The summed E-state index contributed by atoms with van der Waals surface area (Å²) in [5.41, 5.74) is -2.43. The molecule has 0 spiro atoms. The van der Waals surface area contributed by atoms with E-state index in [1.54, 1.807) is 22.6 Å². The molecule has 0 radical (unpaired) electrons. The number of fused-ring (bicyclic) bond motifs is 2. The molecule has 0 saturated heterocycles. The Morgan fingerprint density at radius 1 is 1.20 bits per heavy atom. The van der Waals surface area contributed by atoms with Crippen molar-refractivity contribution in [2.45, 2.75) is 16.4 Å². The second-order valence-electron chi connectivity index (χ2n) is 5.40. The van der Waals surface area contributed by atoms with Crippen LogP contribution < -0.4 is 15.2 Å². The molecule has 1 aliphatic rings. The normalized spacial score (nSPS) is 18.2. The average molecular weight is 478 g/mol. The molecule has 1 aliphatic heterocycles. The van der Waals surface area contributed by atoms with Crippen LogP contribution in [0.15, 0.2) is 23.0 Å². The maximum atomic E-state index is 13.2. The van der Waals surface area contributed by atoms with E-state index in [1.807, 2.05) is 0 Å². The molecule has 1 aromatic heterocycles. The fraction of sp³-hybridized carbons (Fsp3) is 0.357. The van der Waals surface area contributed by atoms with Gasteiger partial charge in [0, 0.05) is 17.5 Å². The number of alkyl halides is 7. The van der Waals surface area contributed by atoms with Crippen LogP contribution in [0.1, 0.15) is 5.56 Å². The Morgan fingerprint density at radius 2 is 1.88 bits per heavy atom. The number of ether oxygens (including phenoxy) is 1. The van der Waals surface area contributed by atoms with E-state index in [9.17, 15) is 31.1 Å². The number of hydrogen-bond donors (Lipinski definition) is 1. The lowest BCUT2D eigenvalue weighted by atomic mass is 10.1. The average Bonchev–Trinajstić information content (AvgIpc) is 2.46. The molecule has 2 heterocycles. The smallest absolute Gasteiger partial charge is 0.417 e. The van der Waals surface area contributed by atoms with Gasteiger partial charge in [-0.05, 0) is 6.07 Å². The van der Waals surface area contributed by atoms with Gasteiger partial charge in [-0.3, -0.25) is 4.79 Å². The molecule has 4 nitrogen and oxygen atoms in total. The Balaban J connectivity index is 2.25. The highest BCUT2D eigenvalue weighted by molar-refractivity contribution is 14.1. The van der Waals surface area contributed by atoms with E-state index >= 15 is 0 Å². The van der Waals surface area contributed by atoms with Crippen LogP contribution >= 0.6 is 22.6 Å². The van der Waals surface area contributed by atoms with Gasteiger partial charge < -0.3 is 14.6 Å². The monoisotopic (exact) mass is 478 g/mol. The first kappa shape index (κ1) is 18.1. The van der Waals surface area contributed by atoms with Crippen LogP contribution in [-0.4, -0.2) is 28.4 Å². The van der Waals surface area contributed by atoms with Crippen molar-refractivity contribution < 1.29 is 31.1 Å². The van der Waals surface area contributed by atoms with Gasteiger partial charge in [0.05, 0.1) is 16.8 Å². The summed E-state index contributed by atoms with van der Waals surface area (Å²) >= 11 is 1.73. The Labute approximate surface area is 149 Å². The molecular weight excluding hydrogens is 469 g/mol. The maximum Gasteiger partial charge on any atom is 0.417 e.